The van der Waals surface area contributed by atoms with Crippen LogP contribution in [0.1, 0.15) is 81.8 Å². The van der Waals surface area contributed by atoms with E-state index in [1.54, 1.807) is 12.1 Å². The molecule has 2 heterocycles. The summed E-state index contributed by atoms with van der Waals surface area (Å²) in [4.78, 5) is 29.2. The fourth-order valence-electron chi connectivity index (χ4n) is 8.11. The summed E-state index contributed by atoms with van der Waals surface area (Å²) in [6, 6.07) is 15.6. The summed E-state index contributed by atoms with van der Waals surface area (Å²) in [5.74, 6) is 1.58. The molecule has 2 aromatic rings. The van der Waals surface area contributed by atoms with Gasteiger partial charge in [0.25, 0.3) is 6.47 Å². The van der Waals surface area contributed by atoms with Crippen molar-refractivity contribution in [1.82, 2.24) is 20.0 Å². The molecule has 0 aromatic heterocycles. The normalized spacial score (nSPS) is 24.0. The van der Waals surface area contributed by atoms with Crippen LogP contribution in [0.15, 0.2) is 48.5 Å². The lowest BCUT2D eigenvalue weighted by Gasteiger charge is -2.40. The molecule has 0 bridgehead atoms. The van der Waals surface area contributed by atoms with Gasteiger partial charge in [-0.05, 0) is 92.7 Å². The van der Waals surface area contributed by atoms with Crippen LogP contribution in [0.4, 0.5) is 9.18 Å². The smallest absolute Gasteiger partial charge is 0.318 e. The minimum atomic E-state index is -0.250. The first-order valence-electron chi connectivity index (χ1n) is 17.0. The summed E-state index contributed by atoms with van der Waals surface area (Å²) in [6.45, 7) is 8.96. The number of likely N-dealkylation sites (tertiary alicyclic amines) is 2. The van der Waals surface area contributed by atoms with Gasteiger partial charge in [-0.25, -0.2) is 9.18 Å². The van der Waals surface area contributed by atoms with E-state index in [0.717, 1.165) is 80.5 Å². The first kappa shape index (κ1) is 33.7. The Morgan fingerprint density at radius 2 is 1.71 bits per heavy atom. The van der Waals surface area contributed by atoms with Crippen LogP contribution in [0.3, 0.4) is 0 Å². The number of carbonyl (C=O) groups is 2. The highest BCUT2D eigenvalue weighted by molar-refractivity contribution is 6.30. The number of piperidine rings is 1. The van der Waals surface area contributed by atoms with Crippen molar-refractivity contribution in [2.75, 3.05) is 45.8 Å². The van der Waals surface area contributed by atoms with Crippen LogP contribution < -0.4 is 5.32 Å². The Kier molecular flexibility index (Phi) is 11.8. The maximum atomic E-state index is 14.2. The van der Waals surface area contributed by atoms with Gasteiger partial charge in [-0.2, -0.15) is 0 Å². The molecule has 2 atom stereocenters. The highest BCUT2D eigenvalue weighted by atomic mass is 35.5. The van der Waals surface area contributed by atoms with Gasteiger partial charge >= 0.3 is 6.03 Å². The van der Waals surface area contributed by atoms with Crippen LogP contribution in [-0.2, 0) is 10.3 Å². The third-order valence-corrected chi connectivity index (χ3v) is 10.9. The molecule has 2 aromatic carbocycles. The van der Waals surface area contributed by atoms with E-state index in [0.29, 0.717) is 18.4 Å². The Morgan fingerprint density at radius 1 is 1.02 bits per heavy atom. The quantitative estimate of drug-likeness (QED) is 0.290. The van der Waals surface area contributed by atoms with Gasteiger partial charge in [0.2, 0.25) is 0 Å². The number of benzene rings is 2. The number of carbonyl (C=O) groups excluding carboxylic acids is 1. The average molecular weight is 641 g/mol. The monoisotopic (exact) mass is 640 g/mol. The van der Waals surface area contributed by atoms with Gasteiger partial charge in [0.1, 0.15) is 5.82 Å². The second-order valence-corrected chi connectivity index (χ2v) is 14.0. The summed E-state index contributed by atoms with van der Waals surface area (Å²) >= 11 is 6.10. The molecule has 2 N–H and O–H groups in total. The summed E-state index contributed by atoms with van der Waals surface area (Å²) in [7, 11) is 0. The Labute approximate surface area is 273 Å². The molecule has 4 fully saturated rings. The summed E-state index contributed by atoms with van der Waals surface area (Å²) in [5.41, 5.74) is 2.06. The second-order valence-electron chi connectivity index (χ2n) is 13.6. The number of hydrogen-bond acceptors (Lipinski definition) is 4. The molecule has 2 aliphatic heterocycles. The highest BCUT2D eigenvalue weighted by Gasteiger charge is 2.47. The van der Waals surface area contributed by atoms with Crippen LogP contribution in [0.5, 0.6) is 0 Å². The maximum absolute atomic E-state index is 14.2. The Hall–Kier alpha value is -2.68. The Bertz CT molecular complexity index is 1250. The number of nitrogens with zero attached hydrogens (tertiary/aromatic N) is 3. The third-order valence-electron chi connectivity index (χ3n) is 10.6. The van der Waals surface area contributed by atoms with E-state index < -0.39 is 0 Å². The molecule has 2 aliphatic carbocycles. The van der Waals surface area contributed by atoms with Crippen LogP contribution in [0, 0.1) is 17.7 Å². The molecular formula is C36H50ClFN4O3. The standard InChI is InChI=1S/C35H48ClFN4O.CH2O2/c1-2-41(34(42)38-35(17-18-35)29-11-13-30(36)14-12-29)32-15-19-39(20-16-32)23-28-24-40(22-26-7-4-3-5-8-26)25-33(28)27-9-6-10-31(37)21-27;2-1-3/h6,9-14,21,26,28,32-33H,2-5,7-8,15-20,22-25H2,1H3,(H,38,42);1H,(H,2,3)/t28-,33?;/m1./s1. The lowest BCUT2D eigenvalue weighted by molar-refractivity contribution is -0.122. The van der Waals surface area contributed by atoms with E-state index >= 15 is 0 Å². The van der Waals surface area contributed by atoms with E-state index in [9.17, 15) is 9.18 Å². The summed E-state index contributed by atoms with van der Waals surface area (Å²) in [5, 5.41) is 11.0. The molecule has 7 nitrogen and oxygen atoms in total. The topological polar surface area (TPSA) is 76.1 Å². The number of urea groups is 1. The minimum absolute atomic E-state index is 0.0590. The molecule has 6 rings (SSSR count). The van der Waals surface area contributed by atoms with Crippen molar-refractivity contribution in [3.05, 3.63) is 70.5 Å². The number of amides is 2. The van der Waals surface area contributed by atoms with Crippen LogP contribution in [-0.4, -0.2) is 84.2 Å². The molecular weight excluding hydrogens is 591 g/mol. The van der Waals surface area contributed by atoms with Crippen LogP contribution in [0.25, 0.3) is 0 Å². The van der Waals surface area contributed by atoms with Gasteiger partial charge in [0.15, 0.2) is 0 Å². The maximum Gasteiger partial charge on any atom is 0.318 e. The van der Waals surface area contributed by atoms with Gasteiger partial charge < -0.3 is 25.1 Å². The van der Waals surface area contributed by atoms with E-state index in [1.165, 1.54) is 38.6 Å². The first-order chi connectivity index (χ1) is 21.8. The van der Waals surface area contributed by atoms with Gasteiger partial charge in [-0.3, -0.25) is 4.79 Å². The number of nitrogens with one attached hydrogen (secondary N) is 1. The van der Waals surface area contributed by atoms with E-state index in [4.69, 9.17) is 21.5 Å². The Morgan fingerprint density at radius 3 is 2.33 bits per heavy atom. The molecule has 9 heteroatoms. The highest BCUT2D eigenvalue weighted by Crippen LogP contribution is 2.46. The zero-order valence-electron chi connectivity index (χ0n) is 26.7. The van der Waals surface area contributed by atoms with Crippen LogP contribution in [0.2, 0.25) is 5.02 Å². The number of carboxylic acid groups (broad SMARTS) is 1. The lowest BCUT2D eigenvalue weighted by atomic mass is 9.88. The Balaban J connectivity index is 0.00000128. The van der Waals surface area contributed by atoms with Crippen molar-refractivity contribution in [3.63, 3.8) is 0 Å². The average Bonchev–Trinajstić information content (AvgIpc) is 3.71. The first-order valence-corrected chi connectivity index (χ1v) is 17.3. The van der Waals surface area contributed by atoms with Gasteiger partial charge in [-0.1, -0.05) is 55.1 Å². The fourth-order valence-corrected chi connectivity index (χ4v) is 8.24. The number of rotatable bonds is 9. The SMILES string of the molecule is CCN(C(=O)NC1(c2ccc(Cl)cc2)CC1)C1CCN(C[C@@H]2CN(CC3CCCCC3)CC2c2cccc(F)c2)CC1.O=CO. The molecule has 1 unspecified atom stereocenters. The predicted octanol–water partition coefficient (Wildman–Crippen LogP) is 6.96. The molecule has 2 saturated carbocycles. The van der Waals surface area contributed by atoms with Crippen molar-refractivity contribution in [2.45, 2.75) is 82.2 Å². The molecule has 45 heavy (non-hydrogen) atoms. The van der Waals surface area contributed by atoms with Gasteiger partial charge in [-0.15, -0.1) is 0 Å². The molecule has 4 aliphatic rings. The van der Waals surface area contributed by atoms with Crippen molar-refractivity contribution >= 4 is 24.1 Å². The zero-order valence-corrected chi connectivity index (χ0v) is 27.4. The number of hydrogen-bond donors (Lipinski definition) is 2. The molecule has 0 spiro atoms. The molecule has 2 amide bonds. The van der Waals surface area contributed by atoms with Gasteiger partial charge in [0, 0.05) is 62.8 Å². The van der Waals surface area contributed by atoms with Crippen molar-refractivity contribution in [2.24, 2.45) is 11.8 Å². The van der Waals surface area contributed by atoms with E-state index in [-0.39, 0.29) is 29.9 Å². The summed E-state index contributed by atoms with van der Waals surface area (Å²) in [6.07, 6.45) is 10.8. The van der Waals surface area contributed by atoms with Crippen LogP contribution >= 0.6 is 11.6 Å². The lowest BCUT2D eigenvalue weighted by Crippen LogP contribution is -2.53. The largest absolute Gasteiger partial charge is 0.483 e. The molecule has 2 saturated heterocycles. The van der Waals surface area contributed by atoms with Gasteiger partial charge in [0.05, 0.1) is 5.54 Å². The van der Waals surface area contributed by atoms with Crippen molar-refractivity contribution in [3.8, 4) is 0 Å². The minimum Gasteiger partial charge on any atom is -0.483 e. The van der Waals surface area contributed by atoms with Crippen molar-refractivity contribution < 1.29 is 19.1 Å². The number of halogens is 2. The van der Waals surface area contributed by atoms with Crippen molar-refractivity contribution in [1.29, 1.82) is 0 Å². The van der Waals surface area contributed by atoms with E-state index in [2.05, 4.69) is 33.0 Å². The van der Waals surface area contributed by atoms with E-state index in [1.807, 2.05) is 30.3 Å². The fraction of sp³-hybridized carbons (Fsp3) is 0.611. The molecule has 246 valence electrons. The third kappa shape index (κ3) is 8.78. The molecule has 0 radical (unpaired) electrons. The summed E-state index contributed by atoms with van der Waals surface area (Å²) < 4.78 is 14.2. The zero-order chi connectivity index (χ0) is 31.8. The predicted molar refractivity (Wildman–Crippen MR) is 177 cm³/mol. The second kappa shape index (κ2) is 15.7.